The quantitative estimate of drug-likeness (QED) is 0.877. The van der Waals surface area contributed by atoms with E-state index in [0.717, 1.165) is 6.42 Å². The Kier molecular flexibility index (Phi) is 4.68. The van der Waals surface area contributed by atoms with Crippen molar-refractivity contribution in [2.24, 2.45) is 11.8 Å². The van der Waals surface area contributed by atoms with Crippen LogP contribution in [0.4, 0.5) is 5.69 Å². The standard InChI is InChI=1S/C15H22N2O3S/c1-4-17(5-2)21(19,20)13-8-6-7-12(10-13)16-15(18)14-9-11(14)3/h6-8,10-11,14H,4-5,9H2,1-3H3,(H,16,18)/t11-,14-/m1/s1. The van der Waals surface area contributed by atoms with Gasteiger partial charge in [-0.2, -0.15) is 4.31 Å². The summed E-state index contributed by atoms with van der Waals surface area (Å²) in [5, 5.41) is 2.80. The average Bonchev–Trinajstić information content (AvgIpc) is 3.17. The Morgan fingerprint density at radius 1 is 1.33 bits per heavy atom. The first kappa shape index (κ1) is 16.0. The summed E-state index contributed by atoms with van der Waals surface area (Å²) < 4.78 is 26.3. The zero-order chi connectivity index (χ0) is 15.6. The fourth-order valence-electron chi connectivity index (χ4n) is 2.37. The molecule has 1 aliphatic carbocycles. The molecule has 0 heterocycles. The summed E-state index contributed by atoms with van der Waals surface area (Å²) in [6.45, 7) is 6.50. The van der Waals surface area contributed by atoms with Crippen LogP contribution in [0.25, 0.3) is 0 Å². The van der Waals surface area contributed by atoms with Crippen molar-refractivity contribution in [1.82, 2.24) is 4.31 Å². The molecule has 2 atom stereocenters. The first-order chi connectivity index (χ1) is 9.90. The lowest BCUT2D eigenvalue weighted by atomic mass is 10.3. The van der Waals surface area contributed by atoms with Gasteiger partial charge in [-0.25, -0.2) is 8.42 Å². The zero-order valence-electron chi connectivity index (χ0n) is 12.7. The van der Waals surface area contributed by atoms with Crippen molar-refractivity contribution in [3.05, 3.63) is 24.3 Å². The van der Waals surface area contributed by atoms with Gasteiger partial charge < -0.3 is 5.32 Å². The second-order valence-corrected chi connectivity index (χ2v) is 7.36. The van der Waals surface area contributed by atoms with E-state index >= 15 is 0 Å². The van der Waals surface area contributed by atoms with Gasteiger partial charge in [0, 0.05) is 24.7 Å². The molecule has 1 aromatic carbocycles. The van der Waals surface area contributed by atoms with Gasteiger partial charge in [0.2, 0.25) is 15.9 Å². The van der Waals surface area contributed by atoms with Crippen LogP contribution in [-0.4, -0.2) is 31.7 Å². The number of nitrogens with one attached hydrogen (secondary N) is 1. The predicted octanol–water partition coefficient (Wildman–Crippen LogP) is 2.31. The van der Waals surface area contributed by atoms with Crippen molar-refractivity contribution in [1.29, 1.82) is 0 Å². The molecule has 0 aliphatic heterocycles. The van der Waals surface area contributed by atoms with Crippen molar-refractivity contribution in [2.75, 3.05) is 18.4 Å². The molecule has 1 N–H and O–H groups in total. The van der Waals surface area contributed by atoms with E-state index in [-0.39, 0.29) is 16.7 Å². The largest absolute Gasteiger partial charge is 0.326 e. The third-order valence-corrected chi connectivity index (χ3v) is 5.94. The molecule has 5 nitrogen and oxygen atoms in total. The summed E-state index contributed by atoms with van der Waals surface area (Å²) in [7, 11) is -3.49. The second kappa shape index (κ2) is 6.15. The number of anilines is 1. The maximum Gasteiger partial charge on any atom is 0.243 e. The number of carbonyl (C=O) groups excluding carboxylic acids is 1. The number of rotatable bonds is 6. The van der Waals surface area contributed by atoms with Gasteiger partial charge in [-0.15, -0.1) is 0 Å². The molecule has 0 aromatic heterocycles. The van der Waals surface area contributed by atoms with Crippen molar-refractivity contribution in [2.45, 2.75) is 32.1 Å². The van der Waals surface area contributed by atoms with E-state index < -0.39 is 10.0 Å². The third kappa shape index (κ3) is 3.44. The number of benzene rings is 1. The average molecular weight is 310 g/mol. The zero-order valence-corrected chi connectivity index (χ0v) is 13.5. The monoisotopic (exact) mass is 310 g/mol. The van der Waals surface area contributed by atoms with Gasteiger partial charge in [0.05, 0.1) is 4.90 Å². The molecule has 1 aliphatic rings. The molecule has 116 valence electrons. The minimum Gasteiger partial charge on any atom is -0.326 e. The normalized spacial score (nSPS) is 21.3. The highest BCUT2D eigenvalue weighted by Gasteiger charge is 2.39. The molecule has 0 spiro atoms. The number of hydrogen-bond acceptors (Lipinski definition) is 3. The SMILES string of the molecule is CCN(CC)S(=O)(=O)c1cccc(NC(=O)[C@@H]2C[C@H]2C)c1. The first-order valence-corrected chi connectivity index (χ1v) is 8.75. The number of sulfonamides is 1. The Hall–Kier alpha value is -1.40. The van der Waals surface area contributed by atoms with Crippen LogP contribution in [0.5, 0.6) is 0 Å². The van der Waals surface area contributed by atoms with Crippen LogP contribution >= 0.6 is 0 Å². The van der Waals surface area contributed by atoms with E-state index in [0.29, 0.717) is 24.7 Å². The van der Waals surface area contributed by atoms with Gasteiger partial charge in [-0.05, 0) is 30.5 Å². The Morgan fingerprint density at radius 2 is 1.95 bits per heavy atom. The third-order valence-electron chi connectivity index (χ3n) is 3.89. The number of amides is 1. The van der Waals surface area contributed by atoms with Crippen molar-refractivity contribution in [3.8, 4) is 0 Å². The highest BCUT2D eigenvalue weighted by atomic mass is 32.2. The molecule has 6 heteroatoms. The Morgan fingerprint density at radius 3 is 2.48 bits per heavy atom. The van der Waals surface area contributed by atoms with Crippen molar-refractivity contribution in [3.63, 3.8) is 0 Å². The molecule has 21 heavy (non-hydrogen) atoms. The summed E-state index contributed by atoms with van der Waals surface area (Å²) in [6, 6.07) is 6.45. The lowest BCUT2D eigenvalue weighted by Gasteiger charge is -2.18. The highest BCUT2D eigenvalue weighted by Crippen LogP contribution is 2.38. The van der Waals surface area contributed by atoms with E-state index in [2.05, 4.69) is 5.32 Å². The minimum atomic E-state index is -3.49. The summed E-state index contributed by atoms with van der Waals surface area (Å²) in [5.41, 5.74) is 0.535. The van der Waals surface area contributed by atoms with E-state index in [1.165, 1.54) is 10.4 Å². The molecule has 1 aromatic rings. The molecule has 2 rings (SSSR count). The molecule has 0 saturated heterocycles. The summed E-state index contributed by atoms with van der Waals surface area (Å²) in [4.78, 5) is 12.1. The van der Waals surface area contributed by atoms with E-state index in [9.17, 15) is 13.2 Å². The van der Waals surface area contributed by atoms with E-state index in [4.69, 9.17) is 0 Å². The number of hydrogen-bond donors (Lipinski definition) is 1. The predicted molar refractivity (Wildman–Crippen MR) is 82.4 cm³/mol. The highest BCUT2D eigenvalue weighted by molar-refractivity contribution is 7.89. The van der Waals surface area contributed by atoms with Gasteiger partial charge >= 0.3 is 0 Å². The summed E-state index contributed by atoms with van der Waals surface area (Å²) in [5.74, 6) is 0.459. The van der Waals surface area contributed by atoms with Crippen LogP contribution in [-0.2, 0) is 14.8 Å². The number of carbonyl (C=O) groups is 1. The molecule has 1 saturated carbocycles. The van der Waals surface area contributed by atoms with Gasteiger partial charge in [-0.1, -0.05) is 26.8 Å². The maximum absolute atomic E-state index is 12.4. The van der Waals surface area contributed by atoms with Crippen LogP contribution in [0.3, 0.4) is 0 Å². The maximum atomic E-state index is 12.4. The fourth-order valence-corrected chi connectivity index (χ4v) is 3.87. The van der Waals surface area contributed by atoms with Gasteiger partial charge in [0.15, 0.2) is 0 Å². The van der Waals surface area contributed by atoms with Gasteiger partial charge in [0.1, 0.15) is 0 Å². The van der Waals surface area contributed by atoms with Crippen LogP contribution in [0.15, 0.2) is 29.2 Å². The van der Waals surface area contributed by atoms with Crippen molar-refractivity contribution >= 4 is 21.6 Å². The Balaban J connectivity index is 2.19. The molecule has 0 unspecified atom stereocenters. The van der Waals surface area contributed by atoms with Crippen LogP contribution in [0, 0.1) is 11.8 Å². The van der Waals surface area contributed by atoms with E-state index in [1.807, 2.05) is 6.92 Å². The summed E-state index contributed by atoms with van der Waals surface area (Å²) in [6.07, 6.45) is 0.906. The topological polar surface area (TPSA) is 66.5 Å². The fraction of sp³-hybridized carbons (Fsp3) is 0.533. The smallest absolute Gasteiger partial charge is 0.243 e. The van der Waals surface area contributed by atoms with Crippen LogP contribution in [0.2, 0.25) is 0 Å². The molecular formula is C15H22N2O3S. The Bertz CT molecular complexity index is 624. The van der Waals surface area contributed by atoms with E-state index in [1.54, 1.807) is 32.0 Å². The van der Waals surface area contributed by atoms with Crippen LogP contribution in [0.1, 0.15) is 27.2 Å². The van der Waals surface area contributed by atoms with Crippen LogP contribution < -0.4 is 5.32 Å². The number of nitrogens with zero attached hydrogens (tertiary/aromatic N) is 1. The lowest BCUT2D eigenvalue weighted by molar-refractivity contribution is -0.117. The minimum absolute atomic E-state index is 0.0279. The molecule has 1 amide bonds. The first-order valence-electron chi connectivity index (χ1n) is 7.31. The Labute approximate surface area is 126 Å². The summed E-state index contributed by atoms with van der Waals surface area (Å²) >= 11 is 0. The second-order valence-electron chi connectivity index (χ2n) is 5.43. The molecule has 0 radical (unpaired) electrons. The molecule has 1 fully saturated rings. The van der Waals surface area contributed by atoms with Gasteiger partial charge in [0.25, 0.3) is 0 Å². The molecular weight excluding hydrogens is 288 g/mol. The lowest BCUT2D eigenvalue weighted by Crippen LogP contribution is -2.30. The van der Waals surface area contributed by atoms with Gasteiger partial charge in [-0.3, -0.25) is 4.79 Å². The van der Waals surface area contributed by atoms with Crippen molar-refractivity contribution < 1.29 is 13.2 Å². The molecule has 0 bridgehead atoms.